The van der Waals surface area contributed by atoms with Crippen molar-refractivity contribution < 1.29 is 0 Å². The lowest BCUT2D eigenvalue weighted by Gasteiger charge is -2.07. The molecule has 0 saturated carbocycles. The van der Waals surface area contributed by atoms with E-state index in [9.17, 15) is 0 Å². The standard InChI is InChI=1S/C17H20ClNS/c1-12(2)19-11-13(3)9-16-7-8-17(20-16)14-5-4-6-15(18)10-14/h4-10,12,19H,11H2,1-3H3. The molecular formula is C17H20ClNS. The van der Waals surface area contributed by atoms with Gasteiger partial charge in [0.15, 0.2) is 0 Å². The molecule has 20 heavy (non-hydrogen) atoms. The molecule has 0 spiro atoms. The summed E-state index contributed by atoms with van der Waals surface area (Å²) in [4.78, 5) is 2.53. The minimum atomic E-state index is 0.517. The van der Waals surface area contributed by atoms with E-state index in [2.05, 4.69) is 50.4 Å². The highest BCUT2D eigenvalue weighted by molar-refractivity contribution is 7.16. The first-order chi connectivity index (χ1) is 9.54. The molecule has 2 rings (SSSR count). The lowest BCUT2D eigenvalue weighted by molar-refractivity contribution is 0.623. The molecule has 1 aromatic carbocycles. The average molecular weight is 306 g/mol. The molecule has 0 saturated heterocycles. The second kappa shape index (κ2) is 7.07. The quantitative estimate of drug-likeness (QED) is 0.772. The molecule has 106 valence electrons. The molecule has 0 radical (unpaired) electrons. The lowest BCUT2D eigenvalue weighted by Crippen LogP contribution is -2.24. The van der Waals surface area contributed by atoms with Crippen molar-refractivity contribution in [1.82, 2.24) is 5.32 Å². The third kappa shape index (κ3) is 4.48. The summed E-state index contributed by atoms with van der Waals surface area (Å²) in [6.07, 6.45) is 2.24. The molecule has 0 aliphatic carbocycles. The van der Waals surface area contributed by atoms with Gasteiger partial charge >= 0.3 is 0 Å². The lowest BCUT2D eigenvalue weighted by atomic mass is 10.2. The van der Waals surface area contributed by atoms with Crippen LogP contribution < -0.4 is 5.32 Å². The fourth-order valence-electron chi connectivity index (χ4n) is 1.89. The number of halogens is 1. The van der Waals surface area contributed by atoms with Gasteiger partial charge in [0, 0.05) is 27.4 Å². The molecule has 0 aliphatic heterocycles. The van der Waals surface area contributed by atoms with Crippen LogP contribution in [-0.4, -0.2) is 12.6 Å². The SMILES string of the molecule is CC(=Cc1ccc(-c2cccc(Cl)c2)s1)CNC(C)C. The smallest absolute Gasteiger partial charge is 0.0412 e. The summed E-state index contributed by atoms with van der Waals surface area (Å²) >= 11 is 7.84. The minimum absolute atomic E-state index is 0.517. The van der Waals surface area contributed by atoms with Crippen molar-refractivity contribution in [2.24, 2.45) is 0 Å². The third-order valence-electron chi connectivity index (χ3n) is 2.91. The van der Waals surface area contributed by atoms with Gasteiger partial charge in [-0.25, -0.2) is 0 Å². The molecule has 2 aromatic rings. The zero-order valence-corrected chi connectivity index (χ0v) is 13.7. The molecule has 1 N–H and O–H groups in total. The summed E-state index contributed by atoms with van der Waals surface area (Å²) in [6.45, 7) is 7.42. The zero-order chi connectivity index (χ0) is 14.5. The van der Waals surface area contributed by atoms with Gasteiger partial charge in [0.05, 0.1) is 0 Å². The molecule has 1 aromatic heterocycles. The van der Waals surface area contributed by atoms with Crippen LogP contribution in [0.15, 0.2) is 42.0 Å². The number of thiophene rings is 1. The highest BCUT2D eigenvalue weighted by atomic mass is 35.5. The van der Waals surface area contributed by atoms with Crippen molar-refractivity contribution in [3.05, 3.63) is 51.9 Å². The van der Waals surface area contributed by atoms with Crippen LogP contribution in [-0.2, 0) is 0 Å². The Morgan fingerprint density at radius 2 is 2.10 bits per heavy atom. The van der Waals surface area contributed by atoms with Crippen LogP contribution in [0.25, 0.3) is 16.5 Å². The molecule has 1 heterocycles. The summed E-state index contributed by atoms with van der Waals surface area (Å²) in [7, 11) is 0. The Balaban J connectivity index is 2.11. The zero-order valence-electron chi connectivity index (χ0n) is 12.1. The van der Waals surface area contributed by atoms with Crippen LogP contribution in [0, 0.1) is 0 Å². The van der Waals surface area contributed by atoms with E-state index in [-0.39, 0.29) is 0 Å². The van der Waals surface area contributed by atoms with Gasteiger partial charge in [-0.3, -0.25) is 0 Å². The normalized spacial score (nSPS) is 12.2. The first-order valence-corrected chi connectivity index (χ1v) is 8.00. The Kier molecular flexibility index (Phi) is 5.41. The predicted octanol–water partition coefficient (Wildman–Crippen LogP) is 5.47. The van der Waals surface area contributed by atoms with E-state index < -0.39 is 0 Å². The summed E-state index contributed by atoms with van der Waals surface area (Å²) in [5, 5.41) is 4.21. The second-order valence-corrected chi connectivity index (χ2v) is 6.79. The average Bonchev–Trinajstić information content (AvgIpc) is 2.85. The minimum Gasteiger partial charge on any atom is -0.311 e. The largest absolute Gasteiger partial charge is 0.311 e. The van der Waals surface area contributed by atoms with Crippen LogP contribution in [0.1, 0.15) is 25.6 Å². The monoisotopic (exact) mass is 305 g/mol. The van der Waals surface area contributed by atoms with Gasteiger partial charge in [-0.15, -0.1) is 11.3 Å². The maximum Gasteiger partial charge on any atom is 0.0412 e. The fraction of sp³-hybridized carbons (Fsp3) is 0.294. The summed E-state index contributed by atoms with van der Waals surface area (Å²) in [5.74, 6) is 0. The molecule has 0 bridgehead atoms. The molecule has 0 atom stereocenters. The highest BCUT2D eigenvalue weighted by Gasteiger charge is 2.03. The molecular weight excluding hydrogens is 286 g/mol. The molecule has 0 unspecified atom stereocenters. The Hall–Kier alpha value is -1.09. The number of rotatable bonds is 5. The van der Waals surface area contributed by atoms with E-state index in [4.69, 9.17) is 11.6 Å². The maximum atomic E-state index is 6.04. The van der Waals surface area contributed by atoms with E-state index in [1.54, 1.807) is 11.3 Å². The van der Waals surface area contributed by atoms with Crippen LogP contribution in [0.4, 0.5) is 0 Å². The molecule has 3 heteroatoms. The van der Waals surface area contributed by atoms with Crippen molar-refractivity contribution in [3.8, 4) is 10.4 Å². The Morgan fingerprint density at radius 1 is 1.30 bits per heavy atom. The number of nitrogens with one attached hydrogen (secondary N) is 1. The third-order valence-corrected chi connectivity index (χ3v) is 4.23. The van der Waals surface area contributed by atoms with Crippen molar-refractivity contribution >= 4 is 29.0 Å². The van der Waals surface area contributed by atoms with E-state index in [1.807, 2.05) is 18.2 Å². The van der Waals surface area contributed by atoms with Gasteiger partial charge in [-0.05, 0) is 42.8 Å². The highest BCUT2D eigenvalue weighted by Crippen LogP contribution is 2.30. The first-order valence-electron chi connectivity index (χ1n) is 6.81. The van der Waals surface area contributed by atoms with Crippen molar-refractivity contribution in [2.75, 3.05) is 6.54 Å². The van der Waals surface area contributed by atoms with Gasteiger partial charge in [-0.1, -0.05) is 43.2 Å². The maximum absolute atomic E-state index is 6.04. The van der Waals surface area contributed by atoms with Crippen molar-refractivity contribution in [1.29, 1.82) is 0 Å². The number of hydrogen-bond donors (Lipinski definition) is 1. The van der Waals surface area contributed by atoms with Crippen molar-refractivity contribution in [2.45, 2.75) is 26.8 Å². The van der Waals surface area contributed by atoms with E-state index in [1.165, 1.54) is 20.9 Å². The van der Waals surface area contributed by atoms with E-state index in [0.29, 0.717) is 6.04 Å². The number of benzene rings is 1. The Morgan fingerprint density at radius 3 is 2.80 bits per heavy atom. The molecule has 0 aliphatic rings. The van der Waals surface area contributed by atoms with Gasteiger partial charge < -0.3 is 5.32 Å². The summed E-state index contributed by atoms with van der Waals surface area (Å²) < 4.78 is 0. The van der Waals surface area contributed by atoms with Crippen molar-refractivity contribution in [3.63, 3.8) is 0 Å². The van der Waals surface area contributed by atoms with Gasteiger partial charge in [0.1, 0.15) is 0 Å². The molecule has 0 fully saturated rings. The molecule has 0 amide bonds. The first kappa shape index (κ1) is 15.3. The summed E-state index contributed by atoms with van der Waals surface area (Å²) in [6, 6.07) is 12.8. The number of hydrogen-bond acceptors (Lipinski definition) is 2. The topological polar surface area (TPSA) is 12.0 Å². The fourth-order valence-corrected chi connectivity index (χ4v) is 3.11. The van der Waals surface area contributed by atoms with Gasteiger partial charge in [0.2, 0.25) is 0 Å². The van der Waals surface area contributed by atoms with Crippen LogP contribution in [0.3, 0.4) is 0 Å². The van der Waals surface area contributed by atoms with Crippen LogP contribution >= 0.6 is 22.9 Å². The van der Waals surface area contributed by atoms with Gasteiger partial charge in [-0.2, -0.15) is 0 Å². The van der Waals surface area contributed by atoms with Gasteiger partial charge in [0.25, 0.3) is 0 Å². The summed E-state index contributed by atoms with van der Waals surface area (Å²) in [5.41, 5.74) is 2.53. The van der Waals surface area contributed by atoms with Crippen LogP contribution in [0.2, 0.25) is 5.02 Å². The molecule has 1 nitrogen and oxygen atoms in total. The second-order valence-electron chi connectivity index (χ2n) is 5.24. The van der Waals surface area contributed by atoms with E-state index in [0.717, 1.165) is 11.6 Å². The Labute approximate surface area is 130 Å². The van der Waals surface area contributed by atoms with E-state index >= 15 is 0 Å². The predicted molar refractivity (Wildman–Crippen MR) is 91.6 cm³/mol. The van der Waals surface area contributed by atoms with Crippen LogP contribution in [0.5, 0.6) is 0 Å². The Bertz CT molecular complexity index is 599.